The highest BCUT2D eigenvalue weighted by atomic mass is 16.5. The maximum absolute atomic E-state index is 8.98. The van der Waals surface area contributed by atoms with E-state index in [2.05, 4.69) is 22.0 Å². The molecule has 6 heteroatoms. The molecule has 2 rings (SSSR count). The minimum Gasteiger partial charge on any atom is -0.409 e. The fourth-order valence-electron chi connectivity index (χ4n) is 2.23. The van der Waals surface area contributed by atoms with Crippen molar-refractivity contribution >= 4 is 22.6 Å². The Morgan fingerprint density at radius 1 is 1.43 bits per heavy atom. The molecule has 112 valence electrons. The summed E-state index contributed by atoms with van der Waals surface area (Å²) in [4.78, 5) is 6.74. The van der Waals surface area contributed by atoms with Gasteiger partial charge in [-0.05, 0) is 19.1 Å². The number of ether oxygens (including phenoxy) is 1. The van der Waals surface area contributed by atoms with Gasteiger partial charge in [0.15, 0.2) is 5.84 Å². The van der Waals surface area contributed by atoms with E-state index in [1.807, 2.05) is 30.3 Å². The summed E-state index contributed by atoms with van der Waals surface area (Å²) in [5, 5.41) is 13.0. The molecule has 0 saturated carbocycles. The molecule has 0 amide bonds. The average molecular weight is 288 g/mol. The van der Waals surface area contributed by atoms with E-state index in [0.29, 0.717) is 12.2 Å². The second-order valence-corrected chi connectivity index (χ2v) is 4.60. The van der Waals surface area contributed by atoms with Crippen molar-refractivity contribution in [3.8, 4) is 0 Å². The predicted octanol–water partition coefficient (Wildman–Crippen LogP) is 1.80. The number of benzene rings is 1. The molecular weight excluding hydrogens is 268 g/mol. The topological polar surface area (TPSA) is 84.0 Å². The van der Waals surface area contributed by atoms with Crippen molar-refractivity contribution in [2.45, 2.75) is 6.92 Å². The van der Waals surface area contributed by atoms with Gasteiger partial charge >= 0.3 is 0 Å². The molecular formula is C15H20N4O2. The Balaban J connectivity index is 2.54. The van der Waals surface area contributed by atoms with Gasteiger partial charge in [0.2, 0.25) is 0 Å². The minimum absolute atomic E-state index is 0.0812. The Morgan fingerprint density at radius 2 is 2.19 bits per heavy atom. The molecule has 0 atom stereocenters. The highest BCUT2D eigenvalue weighted by Gasteiger charge is 2.13. The number of anilines is 1. The fourth-order valence-corrected chi connectivity index (χ4v) is 2.23. The van der Waals surface area contributed by atoms with Gasteiger partial charge in [-0.1, -0.05) is 23.4 Å². The quantitative estimate of drug-likeness (QED) is 0.366. The molecule has 1 heterocycles. The second-order valence-electron chi connectivity index (χ2n) is 4.60. The molecule has 0 saturated heterocycles. The third-order valence-electron chi connectivity index (χ3n) is 3.36. The summed E-state index contributed by atoms with van der Waals surface area (Å²) in [6.45, 7) is 4.19. The number of para-hydroxylation sites is 1. The first-order chi connectivity index (χ1) is 10.2. The van der Waals surface area contributed by atoms with Gasteiger partial charge in [0.1, 0.15) is 5.82 Å². The van der Waals surface area contributed by atoms with E-state index in [0.717, 1.165) is 29.8 Å². The van der Waals surface area contributed by atoms with Crippen LogP contribution in [-0.2, 0) is 4.74 Å². The molecule has 3 N–H and O–H groups in total. The number of aromatic nitrogens is 1. The molecule has 0 radical (unpaired) electrons. The first-order valence-electron chi connectivity index (χ1n) is 6.82. The standard InChI is InChI=1S/C15H20N4O2/c1-3-19(8-9-21-2)14-10-12(15(16)18-20)11-6-4-5-7-13(11)17-14/h4-7,10,20H,3,8-9H2,1-2H3,(H2,16,18). The molecule has 0 aliphatic rings. The summed E-state index contributed by atoms with van der Waals surface area (Å²) in [6, 6.07) is 9.49. The van der Waals surface area contributed by atoms with Crippen LogP contribution in [-0.4, -0.2) is 42.8 Å². The number of hydrogen-bond donors (Lipinski definition) is 2. The molecule has 0 unspecified atom stereocenters. The molecule has 6 nitrogen and oxygen atoms in total. The highest BCUT2D eigenvalue weighted by Crippen LogP contribution is 2.22. The molecule has 1 aromatic carbocycles. The average Bonchev–Trinajstić information content (AvgIpc) is 2.54. The predicted molar refractivity (Wildman–Crippen MR) is 84.0 cm³/mol. The van der Waals surface area contributed by atoms with E-state index in [4.69, 9.17) is 15.7 Å². The van der Waals surface area contributed by atoms with E-state index in [1.54, 1.807) is 7.11 Å². The lowest BCUT2D eigenvalue weighted by molar-refractivity contribution is 0.205. The Morgan fingerprint density at radius 3 is 2.86 bits per heavy atom. The van der Waals surface area contributed by atoms with Gasteiger partial charge in [0.05, 0.1) is 12.1 Å². The summed E-state index contributed by atoms with van der Waals surface area (Å²) in [7, 11) is 1.67. The van der Waals surface area contributed by atoms with Crippen molar-refractivity contribution in [2.75, 3.05) is 31.7 Å². The number of nitrogens with zero attached hydrogens (tertiary/aromatic N) is 3. The number of oxime groups is 1. The van der Waals surface area contributed by atoms with Crippen molar-refractivity contribution in [3.63, 3.8) is 0 Å². The number of fused-ring (bicyclic) bond motifs is 1. The van der Waals surface area contributed by atoms with Crippen LogP contribution in [0.3, 0.4) is 0 Å². The van der Waals surface area contributed by atoms with Crippen LogP contribution in [0.5, 0.6) is 0 Å². The van der Waals surface area contributed by atoms with Crippen LogP contribution in [0.25, 0.3) is 10.9 Å². The molecule has 0 fully saturated rings. The number of likely N-dealkylation sites (N-methyl/N-ethyl adjacent to an activating group) is 1. The normalized spacial score (nSPS) is 11.8. The van der Waals surface area contributed by atoms with Crippen molar-refractivity contribution in [2.24, 2.45) is 10.9 Å². The number of amidine groups is 1. The lowest BCUT2D eigenvalue weighted by atomic mass is 10.1. The molecule has 0 aliphatic heterocycles. The Hall–Kier alpha value is -2.34. The van der Waals surface area contributed by atoms with Gasteiger partial charge in [-0.25, -0.2) is 4.98 Å². The SMILES string of the molecule is CCN(CCOC)c1cc(C(N)=NO)c2ccccc2n1. The Kier molecular flexibility index (Phi) is 4.94. The summed E-state index contributed by atoms with van der Waals surface area (Å²) in [5.74, 6) is 0.868. The zero-order chi connectivity index (χ0) is 15.2. The summed E-state index contributed by atoms with van der Waals surface area (Å²) in [5.41, 5.74) is 7.29. The molecule has 21 heavy (non-hydrogen) atoms. The van der Waals surface area contributed by atoms with Crippen LogP contribution in [0.1, 0.15) is 12.5 Å². The van der Waals surface area contributed by atoms with Gasteiger partial charge in [-0.3, -0.25) is 0 Å². The third-order valence-corrected chi connectivity index (χ3v) is 3.36. The Bertz CT molecular complexity index is 643. The number of methoxy groups -OCH3 is 1. The van der Waals surface area contributed by atoms with Crippen LogP contribution in [0, 0.1) is 0 Å². The Labute approximate surface area is 123 Å². The van der Waals surface area contributed by atoms with Crippen LogP contribution in [0.15, 0.2) is 35.5 Å². The van der Waals surface area contributed by atoms with Crippen molar-refractivity contribution in [1.29, 1.82) is 0 Å². The van der Waals surface area contributed by atoms with Crippen molar-refractivity contribution in [1.82, 2.24) is 4.98 Å². The van der Waals surface area contributed by atoms with Crippen LogP contribution >= 0.6 is 0 Å². The number of pyridine rings is 1. The summed E-state index contributed by atoms with van der Waals surface area (Å²) >= 11 is 0. The van der Waals surface area contributed by atoms with Crippen LogP contribution < -0.4 is 10.6 Å². The monoisotopic (exact) mass is 288 g/mol. The van der Waals surface area contributed by atoms with Gasteiger partial charge in [0.25, 0.3) is 0 Å². The zero-order valence-corrected chi connectivity index (χ0v) is 12.3. The van der Waals surface area contributed by atoms with Crippen LogP contribution in [0.2, 0.25) is 0 Å². The molecule has 1 aromatic heterocycles. The molecule has 0 spiro atoms. The van der Waals surface area contributed by atoms with Crippen molar-refractivity contribution in [3.05, 3.63) is 35.9 Å². The van der Waals surface area contributed by atoms with Gasteiger partial charge in [-0.15, -0.1) is 0 Å². The second kappa shape index (κ2) is 6.90. The van der Waals surface area contributed by atoms with E-state index in [-0.39, 0.29) is 5.84 Å². The van der Waals surface area contributed by atoms with Crippen LogP contribution in [0.4, 0.5) is 5.82 Å². The summed E-state index contributed by atoms with van der Waals surface area (Å²) in [6.07, 6.45) is 0. The highest BCUT2D eigenvalue weighted by molar-refractivity contribution is 6.08. The number of nitrogens with two attached hydrogens (primary N) is 1. The molecule has 0 aliphatic carbocycles. The number of hydrogen-bond acceptors (Lipinski definition) is 5. The summed E-state index contributed by atoms with van der Waals surface area (Å²) < 4.78 is 5.12. The molecule has 0 bridgehead atoms. The van der Waals surface area contributed by atoms with Crippen molar-refractivity contribution < 1.29 is 9.94 Å². The van der Waals surface area contributed by atoms with E-state index in [1.165, 1.54) is 0 Å². The van der Waals surface area contributed by atoms with Gasteiger partial charge < -0.3 is 20.6 Å². The van der Waals surface area contributed by atoms with Gasteiger partial charge in [-0.2, -0.15) is 0 Å². The smallest absolute Gasteiger partial charge is 0.170 e. The lowest BCUT2D eigenvalue weighted by Gasteiger charge is -2.22. The van der Waals surface area contributed by atoms with Gasteiger partial charge in [0, 0.05) is 31.1 Å². The minimum atomic E-state index is 0.0812. The maximum atomic E-state index is 8.98. The fraction of sp³-hybridized carbons (Fsp3) is 0.333. The lowest BCUT2D eigenvalue weighted by Crippen LogP contribution is -2.28. The number of rotatable bonds is 6. The third kappa shape index (κ3) is 3.22. The first-order valence-corrected chi connectivity index (χ1v) is 6.82. The molecule has 2 aromatic rings. The maximum Gasteiger partial charge on any atom is 0.170 e. The first kappa shape index (κ1) is 15.1. The van der Waals surface area contributed by atoms with E-state index < -0.39 is 0 Å². The van der Waals surface area contributed by atoms with E-state index in [9.17, 15) is 0 Å². The zero-order valence-electron chi connectivity index (χ0n) is 12.3. The van der Waals surface area contributed by atoms with E-state index >= 15 is 0 Å². The largest absolute Gasteiger partial charge is 0.409 e.